The molecule has 5 heterocycles. The van der Waals surface area contributed by atoms with Gasteiger partial charge in [0.2, 0.25) is 15.9 Å². The predicted molar refractivity (Wildman–Crippen MR) is 230 cm³/mol. The number of nitrogens with zero attached hydrogens (tertiary/aromatic N) is 7. The molecule has 326 valence electrons. The Morgan fingerprint density at radius 3 is 2.47 bits per heavy atom. The number of aromatic nitrogens is 4. The quantitative estimate of drug-likeness (QED) is 0.115. The first-order valence-corrected chi connectivity index (χ1v) is 22.3. The van der Waals surface area contributed by atoms with Crippen LogP contribution in [0.15, 0.2) is 76.8 Å². The topological polar surface area (TPSA) is 193 Å². The zero-order valence-corrected chi connectivity index (χ0v) is 35.4. The van der Waals surface area contributed by atoms with Crippen LogP contribution in [0.4, 0.5) is 26.4 Å². The number of hydrogen-bond donors (Lipinski definition) is 3. The van der Waals surface area contributed by atoms with Crippen molar-refractivity contribution in [3.05, 3.63) is 94.4 Å². The molecule has 62 heavy (non-hydrogen) atoms. The lowest BCUT2D eigenvalue weighted by Crippen LogP contribution is -2.49. The molecular formula is C43H49FN10O7S. The number of sulfonamides is 1. The first-order chi connectivity index (χ1) is 29.9. The fraction of sp³-hybridized carbons (Fsp3) is 0.395. The van der Waals surface area contributed by atoms with Gasteiger partial charge in [-0.25, -0.2) is 22.6 Å². The van der Waals surface area contributed by atoms with Gasteiger partial charge in [0.1, 0.15) is 23.0 Å². The van der Waals surface area contributed by atoms with Crippen molar-refractivity contribution in [3.63, 3.8) is 0 Å². The van der Waals surface area contributed by atoms with E-state index in [9.17, 15) is 27.6 Å². The summed E-state index contributed by atoms with van der Waals surface area (Å²) in [6.07, 6.45) is 11.4. The van der Waals surface area contributed by atoms with Crippen LogP contribution in [0, 0.1) is 12.7 Å². The van der Waals surface area contributed by atoms with E-state index in [1.807, 2.05) is 16.9 Å². The molecule has 3 fully saturated rings. The van der Waals surface area contributed by atoms with Crippen molar-refractivity contribution >= 4 is 50.7 Å². The summed E-state index contributed by atoms with van der Waals surface area (Å²) in [5.74, 6) is -0.824. The van der Waals surface area contributed by atoms with E-state index in [1.165, 1.54) is 32.8 Å². The minimum atomic E-state index is -3.96. The number of fused-ring (bicyclic) bond motifs is 1. The van der Waals surface area contributed by atoms with E-state index in [0.717, 1.165) is 62.3 Å². The van der Waals surface area contributed by atoms with E-state index in [-0.39, 0.29) is 65.4 Å². The van der Waals surface area contributed by atoms with Crippen LogP contribution in [0.2, 0.25) is 0 Å². The largest absolute Gasteiger partial charge is 0.495 e. The van der Waals surface area contributed by atoms with E-state index < -0.39 is 21.9 Å². The molecule has 3 aliphatic rings. The number of pyridine rings is 1. The number of nitrogens with one attached hydrogen (secondary N) is 3. The van der Waals surface area contributed by atoms with Gasteiger partial charge in [0.15, 0.2) is 0 Å². The molecule has 19 heteroatoms. The number of rotatable bonds is 16. The maximum atomic E-state index is 15.5. The van der Waals surface area contributed by atoms with Gasteiger partial charge in [0, 0.05) is 74.8 Å². The monoisotopic (exact) mass is 868 g/mol. The molecular weight excluding hydrogens is 820 g/mol. The number of carbonyl (C=O) groups excluding carboxylic acids is 3. The van der Waals surface area contributed by atoms with E-state index in [1.54, 1.807) is 43.6 Å². The molecule has 2 saturated heterocycles. The number of anilines is 3. The van der Waals surface area contributed by atoms with Crippen LogP contribution < -0.4 is 31.1 Å². The molecule has 0 spiro atoms. The van der Waals surface area contributed by atoms with Crippen LogP contribution in [0.3, 0.4) is 0 Å². The maximum absolute atomic E-state index is 15.5. The number of carbonyl (C=O) groups is 3. The fourth-order valence-corrected chi connectivity index (χ4v) is 9.16. The summed E-state index contributed by atoms with van der Waals surface area (Å²) in [4.78, 5) is 58.3. The molecule has 1 aliphatic carbocycles. The molecule has 1 saturated carbocycles. The summed E-state index contributed by atoms with van der Waals surface area (Å²) >= 11 is 0. The molecule has 0 radical (unpaired) electrons. The number of benzene rings is 2. The van der Waals surface area contributed by atoms with E-state index in [0.29, 0.717) is 48.3 Å². The van der Waals surface area contributed by atoms with Gasteiger partial charge in [-0.1, -0.05) is 12.8 Å². The number of methoxy groups -OCH3 is 1. The number of imide groups is 1. The van der Waals surface area contributed by atoms with Gasteiger partial charge in [0.05, 0.1) is 41.2 Å². The van der Waals surface area contributed by atoms with Crippen molar-refractivity contribution in [1.82, 2.24) is 39.0 Å². The highest BCUT2D eigenvalue weighted by molar-refractivity contribution is 7.89. The second-order valence-corrected chi connectivity index (χ2v) is 17.7. The maximum Gasteiger partial charge on any atom is 0.328 e. The zero-order valence-electron chi connectivity index (χ0n) is 34.6. The van der Waals surface area contributed by atoms with Gasteiger partial charge in [-0.05, 0) is 87.7 Å². The van der Waals surface area contributed by atoms with Crippen molar-refractivity contribution in [3.8, 4) is 16.9 Å². The minimum absolute atomic E-state index is 0.00385. The molecule has 8 rings (SSSR count). The Balaban J connectivity index is 0.776. The lowest BCUT2D eigenvalue weighted by atomic mass is 10.1. The average Bonchev–Trinajstić information content (AvgIpc) is 4.01. The van der Waals surface area contributed by atoms with E-state index in [2.05, 4.69) is 30.9 Å². The van der Waals surface area contributed by atoms with Crippen molar-refractivity contribution in [2.24, 2.45) is 0 Å². The molecule has 3 aromatic heterocycles. The molecule has 4 amide bonds. The van der Waals surface area contributed by atoms with E-state index >= 15 is 4.39 Å². The highest BCUT2D eigenvalue weighted by atomic mass is 32.2. The van der Waals surface area contributed by atoms with Crippen LogP contribution in [0.5, 0.6) is 5.75 Å². The first-order valence-electron chi connectivity index (χ1n) is 20.8. The van der Waals surface area contributed by atoms with Gasteiger partial charge >= 0.3 is 6.03 Å². The molecule has 0 bridgehead atoms. The smallest absolute Gasteiger partial charge is 0.328 e. The summed E-state index contributed by atoms with van der Waals surface area (Å²) in [5, 5.41) is 12.5. The van der Waals surface area contributed by atoms with Gasteiger partial charge in [-0.15, -0.1) is 0 Å². The SMILES string of the molecule is COc1ccc(C(=O)NCCCCCCN2CCN(S(=O)(=O)c3ccc(Nc4nc5ccc(-c6cnn(C7CC7)c6)cn5c(=O)c4C)c(F)c3)CC2)cc1N1CCC(=O)NC1=O. The number of hydrogen-bond acceptors (Lipinski definition) is 11. The number of amides is 4. The first kappa shape index (κ1) is 42.5. The number of piperazine rings is 1. The Morgan fingerprint density at radius 2 is 1.73 bits per heavy atom. The predicted octanol–water partition coefficient (Wildman–Crippen LogP) is 4.84. The van der Waals surface area contributed by atoms with Crippen molar-refractivity contribution in [2.45, 2.75) is 62.8 Å². The third kappa shape index (κ3) is 9.19. The van der Waals surface area contributed by atoms with Crippen molar-refractivity contribution in [1.29, 1.82) is 0 Å². The molecule has 2 aliphatic heterocycles. The average molecular weight is 869 g/mol. The van der Waals surface area contributed by atoms with Crippen LogP contribution in [-0.2, 0) is 14.8 Å². The Labute approximate surface area is 357 Å². The summed E-state index contributed by atoms with van der Waals surface area (Å²) in [5.41, 5.74) is 2.83. The standard InChI is InChI=1S/C43H49FN10O7S/c1-28-40(48-38-14-8-30(26-53(38)42(28)57)31-25-46-54(27-31)32-9-10-32)47-35-12-11-33(24-34(35)44)62(59,60)51-21-19-50(20-22-51)17-6-4-3-5-16-45-41(56)29-7-13-37(61-2)36(23-29)52-18-15-39(55)49-43(52)58/h7-8,11-14,23-27,32,47H,3-6,9-10,15-22H2,1-2H3,(H,45,56)(H,49,55,58). The Kier molecular flexibility index (Phi) is 12.4. The Bertz CT molecular complexity index is 2690. The van der Waals surface area contributed by atoms with Crippen LogP contribution in [0.1, 0.15) is 66.9 Å². The van der Waals surface area contributed by atoms with Crippen LogP contribution in [0.25, 0.3) is 16.8 Å². The highest BCUT2D eigenvalue weighted by Crippen LogP contribution is 2.35. The van der Waals surface area contributed by atoms with E-state index in [4.69, 9.17) is 4.74 Å². The number of halogens is 1. The van der Waals surface area contributed by atoms with Gasteiger partial charge in [-0.3, -0.25) is 33.7 Å². The second kappa shape index (κ2) is 18.0. The number of ether oxygens (including phenoxy) is 1. The second-order valence-electron chi connectivity index (χ2n) is 15.8. The number of urea groups is 1. The van der Waals surface area contributed by atoms with Crippen molar-refractivity contribution in [2.75, 3.05) is 63.1 Å². The molecule has 2 aromatic carbocycles. The van der Waals surface area contributed by atoms with Gasteiger partial charge in [-0.2, -0.15) is 9.40 Å². The third-order valence-corrected chi connectivity index (χ3v) is 13.4. The van der Waals surface area contributed by atoms with Gasteiger partial charge in [0.25, 0.3) is 11.5 Å². The Hall–Kier alpha value is -6.18. The summed E-state index contributed by atoms with van der Waals surface area (Å²) in [7, 11) is -2.48. The molecule has 17 nitrogen and oxygen atoms in total. The molecule has 0 unspecified atom stereocenters. The lowest BCUT2D eigenvalue weighted by Gasteiger charge is -2.34. The van der Waals surface area contributed by atoms with Crippen LogP contribution >= 0.6 is 0 Å². The Morgan fingerprint density at radius 1 is 0.935 bits per heavy atom. The van der Waals surface area contributed by atoms with Crippen molar-refractivity contribution < 1.29 is 31.9 Å². The normalized spacial score (nSPS) is 16.4. The minimum Gasteiger partial charge on any atom is -0.495 e. The van der Waals surface area contributed by atoms with Gasteiger partial charge < -0.3 is 20.3 Å². The molecule has 3 N–H and O–H groups in total. The lowest BCUT2D eigenvalue weighted by molar-refractivity contribution is -0.120. The summed E-state index contributed by atoms with van der Waals surface area (Å²) in [6.45, 7) is 4.72. The molecule has 0 atom stereocenters. The fourth-order valence-electron chi connectivity index (χ4n) is 7.73. The summed E-state index contributed by atoms with van der Waals surface area (Å²) in [6, 6.07) is 12.0. The third-order valence-electron chi connectivity index (χ3n) is 11.5. The van der Waals surface area contributed by atoms with Crippen LogP contribution in [-0.4, -0.2) is 108 Å². The highest BCUT2D eigenvalue weighted by Gasteiger charge is 2.30. The zero-order chi connectivity index (χ0) is 43.5. The summed E-state index contributed by atoms with van der Waals surface area (Å²) < 4.78 is 52.8. The molecule has 5 aromatic rings. The number of unbranched alkanes of at least 4 members (excludes halogenated alkanes) is 3.